The van der Waals surface area contributed by atoms with Crippen molar-refractivity contribution < 1.29 is 19.4 Å². The molecule has 0 unspecified atom stereocenters. The van der Waals surface area contributed by atoms with Crippen LogP contribution in [0, 0.1) is 0 Å². The lowest BCUT2D eigenvalue weighted by Gasteiger charge is -2.08. The number of rotatable bonds is 6. The minimum Gasteiger partial charge on any atom is -0.497 e. The van der Waals surface area contributed by atoms with Gasteiger partial charge in [-0.05, 0) is 24.6 Å². The lowest BCUT2D eigenvalue weighted by atomic mass is 10.2. The van der Waals surface area contributed by atoms with Gasteiger partial charge in [0.05, 0.1) is 13.7 Å². The third-order valence-electron chi connectivity index (χ3n) is 2.37. The molecule has 0 aromatic heterocycles. The van der Waals surface area contributed by atoms with Crippen LogP contribution < -0.4 is 15.8 Å². The molecule has 0 aliphatic rings. The number of aliphatic hydroxyl groups is 1. The Kier molecular flexibility index (Phi) is 5.53. The van der Waals surface area contributed by atoms with Crippen LogP contribution in [-0.4, -0.2) is 24.7 Å². The molecule has 1 aromatic carbocycles. The standard InChI is InChI=1S/C13H18N2O4/c1-3-19-13(17)11(14)12(16)15-8-9-4-6-10(18-2)7-5-9/h4-7,17H,3,8,14H2,1-2H3,(H,15,16)/b13-11+. The molecule has 1 rings (SSSR count). The fourth-order valence-electron chi connectivity index (χ4n) is 1.33. The maximum atomic E-state index is 11.6. The normalized spacial score (nSPS) is 11.5. The van der Waals surface area contributed by atoms with Crippen molar-refractivity contribution in [3.63, 3.8) is 0 Å². The largest absolute Gasteiger partial charge is 0.497 e. The Morgan fingerprint density at radius 1 is 1.37 bits per heavy atom. The number of carbonyl (C=O) groups is 1. The molecule has 0 aliphatic carbocycles. The molecule has 0 saturated heterocycles. The first kappa shape index (κ1) is 14.7. The van der Waals surface area contributed by atoms with Gasteiger partial charge in [-0.2, -0.15) is 0 Å². The van der Waals surface area contributed by atoms with E-state index < -0.39 is 11.9 Å². The summed E-state index contributed by atoms with van der Waals surface area (Å²) in [6.07, 6.45) is 0. The summed E-state index contributed by atoms with van der Waals surface area (Å²) in [5.41, 5.74) is 5.98. The van der Waals surface area contributed by atoms with Crippen molar-refractivity contribution in [2.45, 2.75) is 13.5 Å². The molecule has 0 heterocycles. The van der Waals surface area contributed by atoms with Crippen LogP contribution in [0.25, 0.3) is 0 Å². The van der Waals surface area contributed by atoms with E-state index in [9.17, 15) is 9.90 Å². The molecule has 0 atom stereocenters. The second-order valence-corrected chi connectivity index (χ2v) is 3.68. The summed E-state index contributed by atoms with van der Waals surface area (Å²) in [5.74, 6) is -0.403. The van der Waals surface area contributed by atoms with Crippen LogP contribution in [0.3, 0.4) is 0 Å². The van der Waals surface area contributed by atoms with Crippen LogP contribution in [0.15, 0.2) is 35.9 Å². The number of carbonyl (C=O) groups excluding carboxylic acids is 1. The molecule has 6 heteroatoms. The highest BCUT2D eigenvalue weighted by Crippen LogP contribution is 2.11. The zero-order valence-electron chi connectivity index (χ0n) is 11.0. The molecule has 0 fully saturated rings. The van der Waals surface area contributed by atoms with Crippen LogP contribution in [0.4, 0.5) is 0 Å². The van der Waals surface area contributed by atoms with Crippen molar-refractivity contribution in [2.75, 3.05) is 13.7 Å². The van der Waals surface area contributed by atoms with Gasteiger partial charge in [-0.25, -0.2) is 0 Å². The van der Waals surface area contributed by atoms with E-state index in [1.165, 1.54) is 0 Å². The average molecular weight is 266 g/mol. The van der Waals surface area contributed by atoms with Gasteiger partial charge in [-0.15, -0.1) is 0 Å². The summed E-state index contributed by atoms with van der Waals surface area (Å²) in [6.45, 7) is 2.21. The van der Waals surface area contributed by atoms with Crippen LogP contribution >= 0.6 is 0 Å². The van der Waals surface area contributed by atoms with Crippen molar-refractivity contribution >= 4 is 5.91 Å². The predicted molar refractivity (Wildman–Crippen MR) is 70.3 cm³/mol. The Morgan fingerprint density at radius 3 is 2.53 bits per heavy atom. The molecular weight excluding hydrogens is 248 g/mol. The molecule has 1 amide bonds. The van der Waals surface area contributed by atoms with E-state index in [0.717, 1.165) is 11.3 Å². The highest BCUT2D eigenvalue weighted by atomic mass is 16.6. The minimum atomic E-state index is -0.582. The SMILES string of the molecule is CCO/C(O)=C(/N)C(=O)NCc1ccc(OC)cc1. The van der Waals surface area contributed by atoms with Gasteiger partial charge in [0.2, 0.25) is 0 Å². The Hall–Kier alpha value is -2.37. The van der Waals surface area contributed by atoms with Gasteiger partial charge in [-0.1, -0.05) is 12.1 Å². The smallest absolute Gasteiger partial charge is 0.306 e. The number of hydrogen-bond acceptors (Lipinski definition) is 5. The van der Waals surface area contributed by atoms with Crippen molar-refractivity contribution in [1.82, 2.24) is 5.32 Å². The number of aliphatic hydroxyl groups excluding tert-OH is 1. The van der Waals surface area contributed by atoms with Gasteiger partial charge in [0.25, 0.3) is 5.91 Å². The third kappa shape index (κ3) is 4.42. The van der Waals surface area contributed by atoms with Crippen LogP contribution in [-0.2, 0) is 16.1 Å². The molecule has 0 spiro atoms. The summed E-state index contributed by atoms with van der Waals surface area (Å²) in [7, 11) is 1.58. The predicted octanol–water partition coefficient (Wildman–Crippen LogP) is 1.03. The Morgan fingerprint density at radius 2 is 2.00 bits per heavy atom. The number of amides is 1. The summed E-state index contributed by atoms with van der Waals surface area (Å²) in [6, 6.07) is 7.22. The zero-order chi connectivity index (χ0) is 14.3. The van der Waals surface area contributed by atoms with Gasteiger partial charge >= 0.3 is 5.95 Å². The number of benzene rings is 1. The monoisotopic (exact) mass is 266 g/mol. The average Bonchev–Trinajstić information content (AvgIpc) is 2.44. The van der Waals surface area contributed by atoms with E-state index in [1.807, 2.05) is 12.1 Å². The Balaban J connectivity index is 2.56. The second-order valence-electron chi connectivity index (χ2n) is 3.68. The fourth-order valence-corrected chi connectivity index (χ4v) is 1.33. The molecule has 19 heavy (non-hydrogen) atoms. The number of methoxy groups -OCH3 is 1. The van der Waals surface area contributed by atoms with Gasteiger partial charge in [0.15, 0.2) is 5.70 Å². The molecule has 0 aliphatic heterocycles. The molecule has 6 nitrogen and oxygen atoms in total. The maximum absolute atomic E-state index is 11.6. The molecule has 0 saturated carbocycles. The number of hydrogen-bond donors (Lipinski definition) is 3. The Labute approximate surface area is 111 Å². The molecule has 4 N–H and O–H groups in total. The summed E-state index contributed by atoms with van der Waals surface area (Å²) >= 11 is 0. The van der Waals surface area contributed by atoms with E-state index in [1.54, 1.807) is 26.2 Å². The fraction of sp³-hybridized carbons (Fsp3) is 0.308. The quantitative estimate of drug-likeness (QED) is 0.528. The van der Waals surface area contributed by atoms with Crippen molar-refractivity contribution in [3.05, 3.63) is 41.5 Å². The van der Waals surface area contributed by atoms with Crippen LogP contribution in [0.1, 0.15) is 12.5 Å². The minimum absolute atomic E-state index is 0.234. The molecule has 1 aromatic rings. The van der Waals surface area contributed by atoms with Gasteiger partial charge in [0, 0.05) is 6.54 Å². The lowest BCUT2D eigenvalue weighted by molar-refractivity contribution is -0.118. The van der Waals surface area contributed by atoms with Gasteiger partial charge in [0.1, 0.15) is 5.75 Å². The zero-order valence-corrected chi connectivity index (χ0v) is 11.0. The maximum Gasteiger partial charge on any atom is 0.306 e. The number of nitrogens with two attached hydrogens (primary N) is 1. The number of ether oxygens (including phenoxy) is 2. The van der Waals surface area contributed by atoms with Gasteiger partial charge < -0.3 is 25.6 Å². The molecule has 0 bridgehead atoms. The molecule has 104 valence electrons. The van der Waals surface area contributed by atoms with Crippen molar-refractivity contribution in [2.24, 2.45) is 5.73 Å². The van der Waals surface area contributed by atoms with E-state index in [2.05, 4.69) is 5.32 Å². The van der Waals surface area contributed by atoms with Crippen LogP contribution in [0.5, 0.6) is 5.75 Å². The van der Waals surface area contributed by atoms with Gasteiger partial charge in [-0.3, -0.25) is 4.79 Å². The van der Waals surface area contributed by atoms with E-state index in [0.29, 0.717) is 6.54 Å². The first-order valence-corrected chi connectivity index (χ1v) is 5.81. The van der Waals surface area contributed by atoms with E-state index in [4.69, 9.17) is 15.2 Å². The molecule has 0 radical (unpaired) electrons. The van der Waals surface area contributed by atoms with Crippen LogP contribution in [0.2, 0.25) is 0 Å². The van der Waals surface area contributed by atoms with E-state index in [-0.39, 0.29) is 12.3 Å². The summed E-state index contributed by atoms with van der Waals surface area (Å²) < 4.78 is 9.77. The lowest BCUT2D eigenvalue weighted by Crippen LogP contribution is -2.29. The molecular formula is C13H18N2O4. The summed E-state index contributed by atoms with van der Waals surface area (Å²) in [4.78, 5) is 11.6. The first-order chi connectivity index (χ1) is 9.08. The number of nitrogens with one attached hydrogen (secondary N) is 1. The third-order valence-corrected chi connectivity index (χ3v) is 2.37. The topological polar surface area (TPSA) is 93.8 Å². The Bertz CT molecular complexity index is 454. The van der Waals surface area contributed by atoms with Crippen molar-refractivity contribution in [3.8, 4) is 5.75 Å². The second kappa shape index (κ2) is 7.15. The van der Waals surface area contributed by atoms with Crippen molar-refractivity contribution in [1.29, 1.82) is 0 Å². The van der Waals surface area contributed by atoms with E-state index >= 15 is 0 Å². The highest BCUT2D eigenvalue weighted by molar-refractivity contribution is 5.92. The first-order valence-electron chi connectivity index (χ1n) is 5.81. The highest BCUT2D eigenvalue weighted by Gasteiger charge is 2.12. The summed E-state index contributed by atoms with van der Waals surface area (Å²) in [5, 5.41) is 11.9.